The highest BCUT2D eigenvalue weighted by atomic mass is 28.1. The van der Waals surface area contributed by atoms with E-state index in [9.17, 15) is 0 Å². The maximum absolute atomic E-state index is 2.75. The zero-order chi connectivity index (χ0) is 13.1. The van der Waals surface area contributed by atoms with Crippen LogP contribution in [-0.2, 0) is 0 Å². The summed E-state index contributed by atoms with van der Waals surface area (Å²) in [6.45, 7) is 4.58. The molecule has 0 bridgehead atoms. The van der Waals surface area contributed by atoms with Crippen LogP contribution in [-0.4, -0.2) is 24.3 Å². The van der Waals surface area contributed by atoms with Gasteiger partial charge in [0.25, 0.3) is 0 Å². The lowest BCUT2D eigenvalue weighted by Crippen LogP contribution is -2.14. The molecule has 17 heavy (non-hydrogen) atoms. The Labute approximate surface area is 110 Å². The molecule has 0 saturated carbocycles. The SMILES string of the molecule is CCCC(CCC)c1ccccc1[SiH3].CNC. The molecule has 1 nitrogen and oxygen atoms in total. The molecule has 1 aromatic carbocycles. The molecule has 1 rings (SSSR count). The summed E-state index contributed by atoms with van der Waals surface area (Å²) in [7, 11) is 4.94. The Kier molecular flexibility index (Phi) is 10.2. The Morgan fingerprint density at radius 1 is 1.06 bits per heavy atom. The van der Waals surface area contributed by atoms with E-state index < -0.39 is 0 Å². The molecule has 0 aliphatic heterocycles. The van der Waals surface area contributed by atoms with Crippen LogP contribution in [0.3, 0.4) is 0 Å². The summed E-state index contributed by atoms with van der Waals surface area (Å²) >= 11 is 0. The smallest absolute Gasteiger partial charge is 0.0388 e. The van der Waals surface area contributed by atoms with Crippen LogP contribution in [0.25, 0.3) is 0 Å². The van der Waals surface area contributed by atoms with Crippen LogP contribution in [0.1, 0.15) is 51.0 Å². The molecule has 0 atom stereocenters. The number of nitrogens with one attached hydrogen (secondary N) is 1. The van der Waals surface area contributed by atoms with E-state index >= 15 is 0 Å². The normalized spacial score (nSPS) is 10.2. The molecule has 1 N–H and O–H groups in total. The molecule has 0 aliphatic carbocycles. The highest BCUT2D eigenvalue weighted by Gasteiger charge is 2.10. The van der Waals surface area contributed by atoms with Gasteiger partial charge < -0.3 is 5.32 Å². The first-order chi connectivity index (χ1) is 8.21. The van der Waals surface area contributed by atoms with Crippen LogP contribution in [0.4, 0.5) is 0 Å². The zero-order valence-electron chi connectivity index (χ0n) is 12.2. The monoisotopic (exact) mass is 251 g/mol. The molecule has 0 amide bonds. The van der Waals surface area contributed by atoms with Crippen molar-refractivity contribution < 1.29 is 0 Å². The number of rotatable bonds is 5. The van der Waals surface area contributed by atoms with E-state index in [-0.39, 0.29) is 0 Å². The van der Waals surface area contributed by atoms with Gasteiger partial charge in [-0.2, -0.15) is 0 Å². The van der Waals surface area contributed by atoms with E-state index in [0.717, 1.165) is 5.92 Å². The Hall–Kier alpha value is -0.603. The fourth-order valence-electron chi connectivity index (χ4n) is 2.20. The van der Waals surface area contributed by atoms with Gasteiger partial charge in [-0.05, 0) is 38.4 Å². The number of hydrogen-bond donors (Lipinski definition) is 1. The van der Waals surface area contributed by atoms with E-state index in [1.807, 2.05) is 14.1 Å². The van der Waals surface area contributed by atoms with Crippen molar-refractivity contribution in [1.29, 1.82) is 0 Å². The van der Waals surface area contributed by atoms with Crippen molar-refractivity contribution >= 4 is 15.4 Å². The first-order valence-corrected chi connectivity index (χ1v) is 7.85. The molecule has 0 radical (unpaired) electrons. The Bertz CT molecular complexity index is 280. The van der Waals surface area contributed by atoms with Gasteiger partial charge in [0.15, 0.2) is 0 Å². The molecule has 0 heterocycles. The third-order valence-electron chi connectivity index (χ3n) is 2.90. The van der Waals surface area contributed by atoms with E-state index in [2.05, 4.69) is 43.4 Å². The minimum absolute atomic E-state index is 0.818. The molecular formula is C15H29NSi. The lowest BCUT2D eigenvalue weighted by atomic mass is 9.90. The van der Waals surface area contributed by atoms with Crippen LogP contribution in [0.15, 0.2) is 24.3 Å². The Morgan fingerprint density at radius 2 is 1.53 bits per heavy atom. The standard InChI is InChI=1S/C13H22Si.C2H7N/c1-3-7-11(8-4-2)12-9-5-6-10-13(12)14;1-3-2/h5-6,9-11H,3-4,7-8H2,1-2,14H3;3H,1-2H3. The number of benzene rings is 1. The second-order valence-corrected chi connectivity index (χ2v) is 5.71. The first-order valence-electron chi connectivity index (χ1n) is 6.85. The fourth-order valence-corrected chi connectivity index (χ4v) is 2.96. The third-order valence-corrected chi connectivity index (χ3v) is 3.81. The second kappa shape index (κ2) is 10.5. The van der Waals surface area contributed by atoms with E-state index in [4.69, 9.17) is 0 Å². The molecule has 0 aliphatic rings. The molecule has 2 heteroatoms. The average molecular weight is 251 g/mol. The van der Waals surface area contributed by atoms with Crippen molar-refractivity contribution in [2.24, 2.45) is 0 Å². The molecule has 0 unspecified atom stereocenters. The van der Waals surface area contributed by atoms with Gasteiger partial charge in [-0.25, -0.2) is 0 Å². The van der Waals surface area contributed by atoms with E-state index in [1.165, 1.54) is 35.9 Å². The van der Waals surface area contributed by atoms with Gasteiger partial charge in [0.2, 0.25) is 0 Å². The van der Waals surface area contributed by atoms with Crippen molar-refractivity contribution in [3.8, 4) is 0 Å². The molecular weight excluding hydrogens is 222 g/mol. The highest BCUT2D eigenvalue weighted by molar-refractivity contribution is 6.33. The predicted octanol–water partition coefficient (Wildman–Crippen LogP) is 2.20. The van der Waals surface area contributed by atoms with Crippen molar-refractivity contribution in [3.05, 3.63) is 29.8 Å². The Balaban J connectivity index is 0.000000770. The summed E-state index contributed by atoms with van der Waals surface area (Å²) < 4.78 is 0. The van der Waals surface area contributed by atoms with Gasteiger partial charge in [0.05, 0.1) is 0 Å². The topological polar surface area (TPSA) is 12.0 Å². The summed E-state index contributed by atoms with van der Waals surface area (Å²) in [4.78, 5) is 0. The average Bonchev–Trinajstić information content (AvgIpc) is 2.30. The lowest BCUT2D eigenvalue weighted by molar-refractivity contribution is 0.563. The maximum atomic E-state index is 2.75. The quantitative estimate of drug-likeness (QED) is 0.791. The summed E-state index contributed by atoms with van der Waals surface area (Å²) in [5.41, 5.74) is 1.63. The van der Waals surface area contributed by atoms with Crippen LogP contribution in [0.5, 0.6) is 0 Å². The fraction of sp³-hybridized carbons (Fsp3) is 0.600. The molecule has 1 aromatic rings. The van der Waals surface area contributed by atoms with Gasteiger partial charge in [-0.15, -0.1) is 0 Å². The molecule has 0 saturated heterocycles. The summed E-state index contributed by atoms with van der Waals surface area (Å²) in [5, 5.41) is 4.35. The van der Waals surface area contributed by atoms with Crippen molar-refractivity contribution in [1.82, 2.24) is 5.32 Å². The summed E-state index contributed by atoms with van der Waals surface area (Å²) in [6, 6.07) is 8.98. The van der Waals surface area contributed by atoms with Crippen LogP contribution >= 0.6 is 0 Å². The van der Waals surface area contributed by atoms with Crippen LogP contribution < -0.4 is 10.5 Å². The summed E-state index contributed by atoms with van der Waals surface area (Å²) in [5.74, 6) is 0.818. The van der Waals surface area contributed by atoms with E-state index in [0.29, 0.717) is 0 Å². The second-order valence-electron chi connectivity index (χ2n) is 4.63. The first kappa shape index (κ1) is 16.4. The van der Waals surface area contributed by atoms with Crippen LogP contribution in [0.2, 0.25) is 0 Å². The summed E-state index contributed by atoms with van der Waals surface area (Å²) in [6.07, 6.45) is 5.32. The third kappa shape index (κ3) is 6.64. The maximum Gasteiger partial charge on any atom is 0.0388 e. The van der Waals surface area contributed by atoms with Crippen molar-refractivity contribution in [2.75, 3.05) is 14.1 Å². The molecule has 0 spiro atoms. The van der Waals surface area contributed by atoms with Crippen molar-refractivity contribution in [2.45, 2.75) is 45.4 Å². The largest absolute Gasteiger partial charge is 0.323 e. The van der Waals surface area contributed by atoms with Crippen molar-refractivity contribution in [3.63, 3.8) is 0 Å². The van der Waals surface area contributed by atoms with Gasteiger partial charge >= 0.3 is 0 Å². The minimum atomic E-state index is 0.818. The van der Waals surface area contributed by atoms with Gasteiger partial charge in [0.1, 0.15) is 0 Å². The van der Waals surface area contributed by atoms with Crippen LogP contribution in [0, 0.1) is 0 Å². The van der Waals surface area contributed by atoms with Gasteiger partial charge in [-0.3, -0.25) is 0 Å². The van der Waals surface area contributed by atoms with E-state index in [1.54, 1.807) is 10.8 Å². The predicted molar refractivity (Wildman–Crippen MR) is 83.6 cm³/mol. The molecule has 0 fully saturated rings. The molecule has 0 aromatic heterocycles. The highest BCUT2D eigenvalue weighted by Crippen LogP contribution is 2.24. The number of hydrogen-bond acceptors (Lipinski definition) is 1. The lowest BCUT2D eigenvalue weighted by Gasteiger charge is -2.18. The molecule has 98 valence electrons. The Morgan fingerprint density at radius 3 is 1.94 bits per heavy atom. The minimum Gasteiger partial charge on any atom is -0.323 e. The zero-order valence-corrected chi connectivity index (χ0v) is 14.2. The van der Waals surface area contributed by atoms with Gasteiger partial charge in [0, 0.05) is 10.2 Å². The van der Waals surface area contributed by atoms with Gasteiger partial charge in [-0.1, -0.05) is 56.1 Å².